The van der Waals surface area contributed by atoms with Crippen LogP contribution in [-0.2, 0) is 6.42 Å². The summed E-state index contributed by atoms with van der Waals surface area (Å²) in [6.45, 7) is 2.52. The lowest BCUT2D eigenvalue weighted by atomic mass is 10.2. The van der Waals surface area contributed by atoms with Crippen molar-refractivity contribution in [3.05, 3.63) is 30.2 Å². The molecule has 1 aromatic heterocycles. The molecule has 0 fully saturated rings. The maximum atomic E-state index is 8.49. The molecule has 0 N–H and O–H groups in total. The number of hydrogen-bond acceptors (Lipinski definition) is 5. The second-order valence-electron chi connectivity index (χ2n) is 3.95. The molecule has 5 nitrogen and oxygen atoms in total. The molecule has 0 aliphatic carbocycles. The van der Waals surface area contributed by atoms with E-state index in [9.17, 15) is 0 Å². The number of benzene rings is 1. The first kappa shape index (κ1) is 13.1. The highest BCUT2D eigenvalue weighted by atomic mass is 16.5. The van der Waals surface area contributed by atoms with Crippen molar-refractivity contribution in [3.63, 3.8) is 0 Å². The van der Waals surface area contributed by atoms with Crippen molar-refractivity contribution < 1.29 is 9.26 Å². The van der Waals surface area contributed by atoms with Crippen molar-refractivity contribution in [2.45, 2.75) is 26.2 Å². The minimum Gasteiger partial charge on any atom is -0.493 e. The van der Waals surface area contributed by atoms with Gasteiger partial charge in [0.15, 0.2) is 0 Å². The van der Waals surface area contributed by atoms with Crippen molar-refractivity contribution in [1.82, 2.24) is 10.1 Å². The largest absolute Gasteiger partial charge is 0.493 e. The molecule has 0 atom stereocenters. The smallest absolute Gasteiger partial charge is 0.226 e. The third-order valence-electron chi connectivity index (χ3n) is 2.58. The predicted molar refractivity (Wildman–Crippen MR) is 69.5 cm³/mol. The topological polar surface area (TPSA) is 71.9 Å². The molecule has 0 radical (unpaired) electrons. The average Bonchev–Trinajstić information content (AvgIpc) is 2.89. The Balaban J connectivity index is 2.16. The summed E-state index contributed by atoms with van der Waals surface area (Å²) in [5.74, 6) is 1.82. The lowest BCUT2D eigenvalue weighted by Crippen LogP contribution is -1.94. The lowest BCUT2D eigenvalue weighted by Gasteiger charge is -2.05. The molecular formula is C14H15N3O2. The van der Waals surface area contributed by atoms with Gasteiger partial charge in [0.1, 0.15) is 5.75 Å². The molecule has 0 bridgehead atoms. The second kappa shape index (κ2) is 6.55. The van der Waals surface area contributed by atoms with Gasteiger partial charge in [-0.3, -0.25) is 0 Å². The average molecular weight is 257 g/mol. The maximum Gasteiger partial charge on any atom is 0.226 e. The van der Waals surface area contributed by atoms with Gasteiger partial charge in [0, 0.05) is 12.8 Å². The van der Waals surface area contributed by atoms with E-state index in [4.69, 9.17) is 14.5 Å². The highest BCUT2D eigenvalue weighted by Gasteiger charge is 2.12. The SMILES string of the molecule is CCOc1ccccc1-c1noc(CCCC#N)n1. The van der Waals surface area contributed by atoms with Crippen LogP contribution in [0.25, 0.3) is 11.4 Å². The van der Waals surface area contributed by atoms with Crippen molar-refractivity contribution in [3.8, 4) is 23.2 Å². The van der Waals surface area contributed by atoms with Crippen LogP contribution < -0.4 is 4.74 Å². The van der Waals surface area contributed by atoms with Crippen LogP contribution in [0.5, 0.6) is 5.75 Å². The molecule has 0 saturated carbocycles. The van der Waals surface area contributed by atoms with Crippen LogP contribution in [0.2, 0.25) is 0 Å². The number of ether oxygens (including phenoxy) is 1. The number of aryl methyl sites for hydroxylation is 1. The predicted octanol–water partition coefficient (Wildman–Crippen LogP) is 2.98. The summed E-state index contributed by atoms with van der Waals surface area (Å²) in [7, 11) is 0. The Hall–Kier alpha value is -2.35. The van der Waals surface area contributed by atoms with E-state index in [1.54, 1.807) is 0 Å². The van der Waals surface area contributed by atoms with Gasteiger partial charge in [-0.2, -0.15) is 10.2 Å². The molecule has 98 valence electrons. The number of rotatable bonds is 6. The molecule has 19 heavy (non-hydrogen) atoms. The Bertz CT molecular complexity index is 572. The van der Waals surface area contributed by atoms with Crippen molar-refractivity contribution >= 4 is 0 Å². The summed E-state index contributed by atoms with van der Waals surface area (Å²) in [6, 6.07) is 9.68. The van der Waals surface area contributed by atoms with Crippen LogP contribution in [0.3, 0.4) is 0 Å². The van der Waals surface area contributed by atoms with Crippen molar-refractivity contribution in [2.75, 3.05) is 6.61 Å². The molecule has 2 rings (SSSR count). The first-order chi connectivity index (χ1) is 9.35. The Morgan fingerprint density at radius 2 is 2.21 bits per heavy atom. The third kappa shape index (κ3) is 3.32. The Morgan fingerprint density at radius 1 is 1.37 bits per heavy atom. The lowest BCUT2D eigenvalue weighted by molar-refractivity contribution is 0.340. The number of aromatic nitrogens is 2. The normalized spacial score (nSPS) is 10.1. The van der Waals surface area contributed by atoms with Gasteiger partial charge in [0.05, 0.1) is 18.2 Å². The van der Waals surface area contributed by atoms with Crippen LogP contribution in [0, 0.1) is 11.3 Å². The first-order valence-electron chi connectivity index (χ1n) is 6.27. The molecule has 0 saturated heterocycles. The van der Waals surface area contributed by atoms with Crippen molar-refractivity contribution in [1.29, 1.82) is 5.26 Å². The van der Waals surface area contributed by atoms with Gasteiger partial charge < -0.3 is 9.26 Å². The fourth-order valence-corrected chi connectivity index (χ4v) is 1.72. The molecule has 0 aliphatic heterocycles. The van der Waals surface area contributed by atoms with Gasteiger partial charge in [-0.1, -0.05) is 17.3 Å². The summed E-state index contributed by atoms with van der Waals surface area (Å²) in [5.41, 5.74) is 0.819. The van der Waals surface area contributed by atoms with Crippen LogP contribution in [0.4, 0.5) is 0 Å². The van der Waals surface area contributed by atoms with Gasteiger partial charge in [-0.05, 0) is 25.5 Å². The van der Waals surface area contributed by atoms with Gasteiger partial charge >= 0.3 is 0 Å². The maximum absolute atomic E-state index is 8.49. The number of hydrogen-bond donors (Lipinski definition) is 0. The van der Waals surface area contributed by atoms with E-state index >= 15 is 0 Å². The van der Waals surface area contributed by atoms with E-state index in [0.717, 1.165) is 17.7 Å². The molecule has 1 aromatic carbocycles. The Labute approximate surface area is 111 Å². The fourth-order valence-electron chi connectivity index (χ4n) is 1.72. The number of unbranched alkanes of at least 4 members (excludes halogenated alkanes) is 1. The minimum absolute atomic E-state index is 0.493. The quantitative estimate of drug-likeness (QED) is 0.744. The Morgan fingerprint density at radius 3 is 3.00 bits per heavy atom. The summed E-state index contributed by atoms with van der Waals surface area (Å²) in [5, 5.41) is 12.4. The zero-order valence-corrected chi connectivity index (χ0v) is 10.8. The molecular weight excluding hydrogens is 242 g/mol. The molecule has 0 unspecified atom stereocenters. The number of nitrogens with zero attached hydrogens (tertiary/aromatic N) is 3. The van der Waals surface area contributed by atoms with Crippen LogP contribution >= 0.6 is 0 Å². The van der Waals surface area contributed by atoms with Crippen molar-refractivity contribution in [2.24, 2.45) is 0 Å². The van der Waals surface area contributed by atoms with E-state index in [2.05, 4.69) is 16.2 Å². The highest BCUT2D eigenvalue weighted by Crippen LogP contribution is 2.27. The summed E-state index contributed by atoms with van der Waals surface area (Å²) in [6.07, 6.45) is 1.84. The monoisotopic (exact) mass is 257 g/mol. The molecule has 5 heteroatoms. The fraction of sp³-hybridized carbons (Fsp3) is 0.357. The molecule has 1 heterocycles. The van der Waals surface area contributed by atoms with Crippen LogP contribution in [0.1, 0.15) is 25.7 Å². The van der Waals surface area contributed by atoms with Gasteiger partial charge in [0.2, 0.25) is 11.7 Å². The van der Waals surface area contributed by atoms with E-state index in [1.165, 1.54) is 0 Å². The van der Waals surface area contributed by atoms with Crippen LogP contribution in [0.15, 0.2) is 28.8 Å². The van der Waals surface area contributed by atoms with Gasteiger partial charge in [0.25, 0.3) is 0 Å². The molecule has 0 aliphatic rings. The second-order valence-corrected chi connectivity index (χ2v) is 3.95. The number of nitriles is 1. The van der Waals surface area contributed by atoms with E-state index in [1.807, 2.05) is 31.2 Å². The standard InChI is InChI=1S/C14H15N3O2/c1-2-18-12-8-4-3-7-11(12)14-16-13(19-17-14)9-5-6-10-15/h3-4,7-8H,2,5-6,9H2,1H3. The zero-order valence-electron chi connectivity index (χ0n) is 10.8. The summed E-state index contributed by atoms with van der Waals surface area (Å²) in [4.78, 5) is 4.33. The van der Waals surface area contributed by atoms with Crippen LogP contribution in [-0.4, -0.2) is 16.7 Å². The molecule has 0 amide bonds. The van der Waals surface area contributed by atoms with Gasteiger partial charge in [-0.15, -0.1) is 0 Å². The molecule has 2 aromatic rings. The zero-order chi connectivity index (χ0) is 13.5. The van der Waals surface area contributed by atoms with E-state index in [-0.39, 0.29) is 0 Å². The minimum atomic E-state index is 0.493. The van der Waals surface area contributed by atoms with E-state index < -0.39 is 0 Å². The molecule has 0 spiro atoms. The highest BCUT2D eigenvalue weighted by molar-refractivity contribution is 5.63. The summed E-state index contributed by atoms with van der Waals surface area (Å²) >= 11 is 0. The first-order valence-corrected chi connectivity index (χ1v) is 6.27. The number of para-hydroxylation sites is 1. The third-order valence-corrected chi connectivity index (χ3v) is 2.58. The van der Waals surface area contributed by atoms with E-state index in [0.29, 0.717) is 31.2 Å². The Kier molecular flexibility index (Phi) is 4.51. The summed E-state index contributed by atoms with van der Waals surface area (Å²) < 4.78 is 10.7. The van der Waals surface area contributed by atoms with Gasteiger partial charge in [-0.25, -0.2) is 0 Å².